The van der Waals surface area contributed by atoms with Crippen molar-refractivity contribution in [2.24, 2.45) is 5.41 Å². The van der Waals surface area contributed by atoms with Crippen LogP contribution in [-0.4, -0.2) is 23.7 Å². The summed E-state index contributed by atoms with van der Waals surface area (Å²) in [5.74, 6) is -0.694. The van der Waals surface area contributed by atoms with Gasteiger partial charge in [-0.2, -0.15) is 0 Å². The van der Waals surface area contributed by atoms with Crippen LogP contribution >= 0.6 is 0 Å². The number of carbonyl (C=O) groups excluding carboxylic acids is 1. The summed E-state index contributed by atoms with van der Waals surface area (Å²) >= 11 is 0. The number of rotatable bonds is 3. The van der Waals surface area contributed by atoms with E-state index in [-0.39, 0.29) is 24.0 Å². The number of aliphatic hydroxyl groups excluding tert-OH is 1. The third kappa shape index (κ3) is 2.53. The fraction of sp³-hybridized carbons (Fsp3) is 0.500. The minimum absolute atomic E-state index is 0.0433. The predicted octanol–water partition coefficient (Wildman–Crippen LogP) is 2.11. The molecule has 1 fully saturated rings. The molecule has 1 aromatic rings. The molecule has 2 rings (SSSR count). The van der Waals surface area contributed by atoms with Crippen molar-refractivity contribution < 1.29 is 14.3 Å². The largest absolute Gasteiger partial charge is 0.396 e. The van der Waals surface area contributed by atoms with Gasteiger partial charge in [-0.25, -0.2) is 4.39 Å². The van der Waals surface area contributed by atoms with Crippen molar-refractivity contribution in [3.05, 3.63) is 35.6 Å². The first-order valence-electron chi connectivity index (χ1n) is 6.22. The third-order valence-electron chi connectivity index (χ3n) is 3.84. The summed E-state index contributed by atoms with van der Waals surface area (Å²) in [6, 6.07) is 5.59. The Morgan fingerprint density at radius 2 is 2.39 bits per heavy atom. The SMILES string of the molecule is CC1(CO)CCCC1NC(=O)c1cccc(F)c1. The molecule has 3 nitrogen and oxygen atoms in total. The van der Waals surface area contributed by atoms with Crippen molar-refractivity contribution >= 4 is 5.91 Å². The van der Waals surface area contributed by atoms with E-state index in [0.29, 0.717) is 5.56 Å². The maximum absolute atomic E-state index is 13.0. The van der Waals surface area contributed by atoms with Gasteiger partial charge in [-0.1, -0.05) is 19.4 Å². The van der Waals surface area contributed by atoms with Gasteiger partial charge >= 0.3 is 0 Å². The minimum atomic E-state index is -0.418. The van der Waals surface area contributed by atoms with Crippen LogP contribution in [0.2, 0.25) is 0 Å². The average molecular weight is 251 g/mol. The van der Waals surface area contributed by atoms with Gasteiger partial charge in [0.1, 0.15) is 5.82 Å². The third-order valence-corrected chi connectivity index (χ3v) is 3.84. The van der Waals surface area contributed by atoms with Crippen LogP contribution in [0.4, 0.5) is 4.39 Å². The van der Waals surface area contributed by atoms with Crippen molar-refractivity contribution in [2.75, 3.05) is 6.61 Å². The van der Waals surface area contributed by atoms with Crippen molar-refractivity contribution in [1.29, 1.82) is 0 Å². The standard InChI is InChI=1S/C14H18FNO2/c1-14(9-17)7-3-6-12(14)16-13(18)10-4-2-5-11(15)8-10/h2,4-5,8,12,17H,3,6-7,9H2,1H3,(H,16,18). The molecule has 0 aromatic heterocycles. The van der Waals surface area contributed by atoms with Gasteiger partial charge in [0.05, 0.1) is 6.61 Å². The zero-order valence-electron chi connectivity index (χ0n) is 10.4. The zero-order chi connectivity index (χ0) is 13.2. The summed E-state index contributed by atoms with van der Waals surface area (Å²) in [4.78, 5) is 12.0. The average Bonchev–Trinajstić information content (AvgIpc) is 2.72. The van der Waals surface area contributed by atoms with Crippen molar-refractivity contribution in [1.82, 2.24) is 5.32 Å². The maximum atomic E-state index is 13.0. The van der Waals surface area contributed by atoms with E-state index in [1.807, 2.05) is 6.92 Å². The van der Waals surface area contributed by atoms with Gasteiger partial charge < -0.3 is 10.4 Å². The monoisotopic (exact) mass is 251 g/mol. The van der Waals surface area contributed by atoms with Crippen LogP contribution < -0.4 is 5.32 Å². The fourth-order valence-corrected chi connectivity index (χ4v) is 2.54. The van der Waals surface area contributed by atoms with Crippen molar-refractivity contribution in [2.45, 2.75) is 32.2 Å². The number of hydrogen-bond donors (Lipinski definition) is 2. The van der Waals surface area contributed by atoms with E-state index in [1.54, 1.807) is 6.07 Å². The first-order chi connectivity index (χ1) is 8.55. The predicted molar refractivity (Wildman–Crippen MR) is 66.7 cm³/mol. The van der Waals surface area contributed by atoms with Gasteiger partial charge in [-0.05, 0) is 31.0 Å². The number of hydrogen-bond acceptors (Lipinski definition) is 2. The van der Waals surface area contributed by atoms with Crippen LogP contribution in [0.25, 0.3) is 0 Å². The molecule has 0 radical (unpaired) electrons. The molecular weight excluding hydrogens is 233 g/mol. The second kappa shape index (κ2) is 5.06. The summed E-state index contributed by atoms with van der Waals surface area (Å²) in [6.45, 7) is 2.03. The molecule has 4 heteroatoms. The second-order valence-corrected chi connectivity index (χ2v) is 5.24. The van der Waals surface area contributed by atoms with Gasteiger partial charge in [-0.3, -0.25) is 4.79 Å². The van der Waals surface area contributed by atoms with Gasteiger partial charge in [0.2, 0.25) is 0 Å². The van der Waals surface area contributed by atoms with E-state index in [2.05, 4.69) is 5.32 Å². The summed E-state index contributed by atoms with van der Waals surface area (Å²) in [5, 5.41) is 12.3. The number of nitrogens with one attached hydrogen (secondary N) is 1. The Balaban J connectivity index is 2.08. The van der Waals surface area contributed by atoms with Crippen LogP contribution in [0.3, 0.4) is 0 Å². The van der Waals surface area contributed by atoms with Crippen LogP contribution in [-0.2, 0) is 0 Å². The topological polar surface area (TPSA) is 49.3 Å². The molecule has 18 heavy (non-hydrogen) atoms. The highest BCUT2D eigenvalue weighted by Crippen LogP contribution is 2.37. The number of amides is 1. The smallest absolute Gasteiger partial charge is 0.251 e. The van der Waals surface area contributed by atoms with E-state index in [4.69, 9.17) is 0 Å². The second-order valence-electron chi connectivity index (χ2n) is 5.24. The Hall–Kier alpha value is -1.42. The zero-order valence-corrected chi connectivity index (χ0v) is 10.4. The summed E-state index contributed by atoms with van der Waals surface area (Å²) < 4.78 is 13.0. The normalized spacial score (nSPS) is 27.2. The highest BCUT2D eigenvalue weighted by Gasteiger charge is 2.39. The summed E-state index contributed by atoms with van der Waals surface area (Å²) in [5.41, 5.74) is 0.0605. The quantitative estimate of drug-likeness (QED) is 0.864. The molecule has 1 amide bonds. The molecule has 1 aromatic carbocycles. The molecule has 0 saturated heterocycles. The molecule has 98 valence electrons. The molecule has 1 aliphatic rings. The van der Waals surface area contributed by atoms with Crippen LogP contribution in [0.1, 0.15) is 36.5 Å². The highest BCUT2D eigenvalue weighted by molar-refractivity contribution is 5.94. The number of aliphatic hydroxyl groups is 1. The Bertz CT molecular complexity index is 449. The lowest BCUT2D eigenvalue weighted by Crippen LogP contribution is -2.44. The highest BCUT2D eigenvalue weighted by atomic mass is 19.1. The lowest BCUT2D eigenvalue weighted by molar-refractivity contribution is 0.0830. The fourth-order valence-electron chi connectivity index (χ4n) is 2.54. The number of halogens is 1. The van der Waals surface area contributed by atoms with Crippen molar-refractivity contribution in [3.63, 3.8) is 0 Å². The van der Waals surface area contributed by atoms with Crippen LogP contribution in [0.5, 0.6) is 0 Å². The molecule has 2 N–H and O–H groups in total. The van der Waals surface area contributed by atoms with Gasteiger partial charge in [0.25, 0.3) is 5.91 Å². The van der Waals surface area contributed by atoms with E-state index in [0.717, 1.165) is 19.3 Å². The Morgan fingerprint density at radius 1 is 1.61 bits per heavy atom. The first kappa shape index (κ1) is 13.0. The summed E-state index contributed by atoms with van der Waals surface area (Å²) in [7, 11) is 0. The minimum Gasteiger partial charge on any atom is -0.396 e. The van der Waals surface area contributed by atoms with Crippen LogP contribution in [0, 0.1) is 11.2 Å². The summed E-state index contributed by atoms with van der Waals surface area (Å²) in [6.07, 6.45) is 2.75. The number of carbonyl (C=O) groups is 1. The molecule has 2 unspecified atom stereocenters. The molecule has 0 spiro atoms. The maximum Gasteiger partial charge on any atom is 0.251 e. The molecule has 1 aliphatic carbocycles. The molecule has 1 saturated carbocycles. The lowest BCUT2D eigenvalue weighted by atomic mass is 9.85. The number of benzene rings is 1. The Morgan fingerprint density at radius 3 is 3.06 bits per heavy atom. The van der Waals surface area contributed by atoms with E-state index in [1.165, 1.54) is 18.2 Å². The van der Waals surface area contributed by atoms with Gasteiger partial charge in [-0.15, -0.1) is 0 Å². The van der Waals surface area contributed by atoms with Crippen LogP contribution in [0.15, 0.2) is 24.3 Å². The van der Waals surface area contributed by atoms with Crippen molar-refractivity contribution in [3.8, 4) is 0 Å². The Kier molecular flexibility index (Phi) is 3.66. The van der Waals surface area contributed by atoms with E-state index < -0.39 is 5.82 Å². The van der Waals surface area contributed by atoms with E-state index >= 15 is 0 Å². The molecule has 0 bridgehead atoms. The molecule has 0 heterocycles. The van der Waals surface area contributed by atoms with Gasteiger partial charge in [0.15, 0.2) is 0 Å². The Labute approximate surface area is 106 Å². The first-order valence-corrected chi connectivity index (χ1v) is 6.22. The van der Waals surface area contributed by atoms with Gasteiger partial charge in [0, 0.05) is 17.0 Å². The molecule has 2 atom stereocenters. The van der Waals surface area contributed by atoms with E-state index in [9.17, 15) is 14.3 Å². The molecule has 0 aliphatic heterocycles. The lowest BCUT2D eigenvalue weighted by Gasteiger charge is -2.30. The molecular formula is C14H18FNO2.